The Balaban J connectivity index is 1.47. The van der Waals surface area contributed by atoms with Crippen LogP contribution in [0.15, 0.2) is 29.9 Å². The van der Waals surface area contributed by atoms with Gasteiger partial charge in [-0.15, -0.1) is 11.3 Å². The minimum Gasteiger partial charge on any atom is -0.351 e. The molecule has 0 bridgehead atoms. The van der Waals surface area contributed by atoms with E-state index in [4.69, 9.17) is 0 Å². The molecule has 0 spiro atoms. The zero-order valence-electron chi connectivity index (χ0n) is 14.8. The van der Waals surface area contributed by atoms with Gasteiger partial charge in [0, 0.05) is 35.9 Å². The molecular formula is C19H26N4OS. The first-order chi connectivity index (χ1) is 12.2. The van der Waals surface area contributed by atoms with E-state index in [0.29, 0.717) is 18.3 Å². The molecule has 0 radical (unpaired) electrons. The summed E-state index contributed by atoms with van der Waals surface area (Å²) in [6.07, 6.45) is 9.75. The van der Waals surface area contributed by atoms with Gasteiger partial charge >= 0.3 is 0 Å². The van der Waals surface area contributed by atoms with Crippen molar-refractivity contribution in [3.63, 3.8) is 0 Å². The minimum absolute atomic E-state index is 0.0837. The summed E-state index contributed by atoms with van der Waals surface area (Å²) in [4.78, 5) is 23.3. The van der Waals surface area contributed by atoms with Gasteiger partial charge in [-0.3, -0.25) is 9.78 Å². The lowest BCUT2D eigenvalue weighted by molar-refractivity contribution is 0.0944. The molecule has 2 aromatic rings. The molecule has 3 heterocycles. The molecule has 6 heteroatoms. The van der Waals surface area contributed by atoms with E-state index in [1.54, 1.807) is 12.4 Å². The number of thiazole rings is 1. The Bertz CT molecular complexity index is 665. The van der Waals surface area contributed by atoms with Gasteiger partial charge in [-0.2, -0.15) is 0 Å². The normalized spacial score (nSPS) is 17.0. The zero-order chi connectivity index (χ0) is 17.5. The molecule has 0 saturated carbocycles. The monoisotopic (exact) mass is 358 g/mol. The van der Waals surface area contributed by atoms with E-state index in [1.165, 1.54) is 50.1 Å². The Morgan fingerprint density at radius 2 is 1.96 bits per heavy atom. The minimum atomic E-state index is -0.0837. The highest BCUT2D eigenvalue weighted by atomic mass is 32.1. The molecule has 0 unspecified atom stereocenters. The van der Waals surface area contributed by atoms with Gasteiger partial charge in [0.2, 0.25) is 0 Å². The number of nitrogens with zero attached hydrogens (tertiary/aromatic N) is 3. The van der Waals surface area contributed by atoms with E-state index >= 15 is 0 Å². The first-order valence-corrected chi connectivity index (χ1v) is 10.00. The lowest BCUT2D eigenvalue weighted by Gasteiger charge is -2.27. The van der Waals surface area contributed by atoms with Crippen molar-refractivity contribution in [2.75, 3.05) is 19.6 Å². The number of pyridine rings is 1. The summed E-state index contributed by atoms with van der Waals surface area (Å²) in [5.74, 6) is -0.0837. The standard InChI is InChI=1S/C19H26N4OS/c1-15(23-12-4-2-3-5-13-23)6-11-21-18(24)17-14-25-19(22-17)16-7-9-20-10-8-16/h7-10,14-15H,2-6,11-13H2,1H3,(H,21,24)/t15-/m1/s1. The molecule has 1 fully saturated rings. The van der Waals surface area contributed by atoms with Crippen LogP contribution in [0.5, 0.6) is 0 Å². The molecule has 134 valence electrons. The third kappa shape index (κ3) is 5.09. The van der Waals surface area contributed by atoms with Crippen LogP contribution < -0.4 is 5.32 Å². The van der Waals surface area contributed by atoms with Gasteiger partial charge in [-0.1, -0.05) is 12.8 Å². The fourth-order valence-corrected chi connectivity index (χ4v) is 4.01. The van der Waals surface area contributed by atoms with Crippen molar-refractivity contribution < 1.29 is 4.79 Å². The predicted octanol–water partition coefficient (Wildman–Crippen LogP) is 3.59. The second-order valence-corrected chi connectivity index (χ2v) is 7.48. The van der Waals surface area contributed by atoms with Crippen molar-refractivity contribution in [1.82, 2.24) is 20.2 Å². The van der Waals surface area contributed by atoms with E-state index in [9.17, 15) is 4.79 Å². The van der Waals surface area contributed by atoms with Gasteiger partial charge in [0.05, 0.1) is 0 Å². The van der Waals surface area contributed by atoms with E-state index < -0.39 is 0 Å². The molecule has 1 N–H and O–H groups in total. The maximum atomic E-state index is 12.3. The number of amides is 1. The molecule has 25 heavy (non-hydrogen) atoms. The number of likely N-dealkylation sites (tertiary alicyclic amines) is 1. The van der Waals surface area contributed by atoms with Crippen LogP contribution in [0.2, 0.25) is 0 Å². The Morgan fingerprint density at radius 1 is 1.24 bits per heavy atom. The number of hydrogen-bond acceptors (Lipinski definition) is 5. The van der Waals surface area contributed by atoms with E-state index in [-0.39, 0.29) is 5.91 Å². The second kappa shape index (κ2) is 9.06. The Hall–Kier alpha value is -1.79. The molecule has 5 nitrogen and oxygen atoms in total. The van der Waals surface area contributed by atoms with Crippen molar-refractivity contribution >= 4 is 17.2 Å². The number of carbonyl (C=O) groups is 1. The average Bonchev–Trinajstić information content (AvgIpc) is 2.98. The molecule has 1 aliphatic rings. The Morgan fingerprint density at radius 3 is 2.68 bits per heavy atom. The molecule has 3 rings (SSSR count). The van der Waals surface area contributed by atoms with Gasteiger partial charge in [0.25, 0.3) is 5.91 Å². The predicted molar refractivity (Wildman–Crippen MR) is 102 cm³/mol. The van der Waals surface area contributed by atoms with Crippen LogP contribution in [0, 0.1) is 0 Å². The highest BCUT2D eigenvalue weighted by molar-refractivity contribution is 7.13. The Labute approximate surface area is 153 Å². The average molecular weight is 359 g/mol. The number of rotatable bonds is 6. The van der Waals surface area contributed by atoms with Crippen LogP contribution in [-0.2, 0) is 0 Å². The fourth-order valence-electron chi connectivity index (χ4n) is 3.21. The van der Waals surface area contributed by atoms with Crippen LogP contribution in [0.1, 0.15) is 49.5 Å². The van der Waals surface area contributed by atoms with E-state index in [2.05, 4.69) is 27.1 Å². The molecular weight excluding hydrogens is 332 g/mol. The summed E-state index contributed by atoms with van der Waals surface area (Å²) < 4.78 is 0. The summed E-state index contributed by atoms with van der Waals surface area (Å²) in [6, 6.07) is 4.33. The van der Waals surface area contributed by atoms with Crippen molar-refractivity contribution in [3.8, 4) is 10.6 Å². The van der Waals surface area contributed by atoms with Crippen LogP contribution >= 0.6 is 11.3 Å². The molecule has 2 aromatic heterocycles. The summed E-state index contributed by atoms with van der Waals surface area (Å²) >= 11 is 1.49. The number of hydrogen-bond donors (Lipinski definition) is 1. The number of nitrogens with one attached hydrogen (secondary N) is 1. The largest absolute Gasteiger partial charge is 0.351 e. The highest BCUT2D eigenvalue weighted by Gasteiger charge is 2.16. The zero-order valence-corrected chi connectivity index (χ0v) is 15.6. The summed E-state index contributed by atoms with van der Waals surface area (Å²) in [6.45, 7) is 5.34. The number of carbonyl (C=O) groups excluding carboxylic acids is 1. The molecule has 1 saturated heterocycles. The SMILES string of the molecule is C[C@H](CCNC(=O)c1csc(-c2ccncc2)n1)N1CCCCCC1. The lowest BCUT2D eigenvalue weighted by atomic mass is 10.2. The van der Waals surface area contributed by atoms with Gasteiger partial charge in [-0.25, -0.2) is 4.98 Å². The van der Waals surface area contributed by atoms with Crippen LogP contribution in [-0.4, -0.2) is 46.5 Å². The molecule has 1 aliphatic heterocycles. The van der Waals surface area contributed by atoms with Crippen molar-refractivity contribution in [1.29, 1.82) is 0 Å². The topological polar surface area (TPSA) is 58.1 Å². The smallest absolute Gasteiger partial charge is 0.270 e. The first-order valence-electron chi connectivity index (χ1n) is 9.12. The maximum absolute atomic E-state index is 12.3. The summed E-state index contributed by atoms with van der Waals surface area (Å²) in [5, 5.41) is 5.69. The Kier molecular flexibility index (Phi) is 6.53. The summed E-state index contributed by atoms with van der Waals surface area (Å²) in [5.41, 5.74) is 1.49. The maximum Gasteiger partial charge on any atom is 0.270 e. The first kappa shape index (κ1) is 18.0. The van der Waals surface area contributed by atoms with Crippen molar-refractivity contribution in [3.05, 3.63) is 35.6 Å². The molecule has 0 aliphatic carbocycles. The van der Waals surface area contributed by atoms with Gasteiger partial charge < -0.3 is 10.2 Å². The third-order valence-corrected chi connectivity index (χ3v) is 5.67. The van der Waals surface area contributed by atoms with E-state index in [0.717, 1.165) is 17.0 Å². The van der Waals surface area contributed by atoms with Crippen molar-refractivity contribution in [2.24, 2.45) is 0 Å². The second-order valence-electron chi connectivity index (χ2n) is 6.62. The van der Waals surface area contributed by atoms with Gasteiger partial charge in [0.1, 0.15) is 10.7 Å². The van der Waals surface area contributed by atoms with Crippen LogP contribution in [0.3, 0.4) is 0 Å². The highest BCUT2D eigenvalue weighted by Crippen LogP contribution is 2.22. The number of aromatic nitrogens is 2. The van der Waals surface area contributed by atoms with Gasteiger partial charge in [0.15, 0.2) is 0 Å². The lowest BCUT2D eigenvalue weighted by Crippen LogP contribution is -2.37. The van der Waals surface area contributed by atoms with E-state index in [1.807, 2.05) is 17.5 Å². The van der Waals surface area contributed by atoms with Crippen molar-refractivity contribution in [2.45, 2.75) is 45.1 Å². The van der Waals surface area contributed by atoms with Crippen LogP contribution in [0.25, 0.3) is 10.6 Å². The molecule has 1 amide bonds. The quantitative estimate of drug-likeness (QED) is 0.857. The molecule has 0 aromatic carbocycles. The third-order valence-electron chi connectivity index (χ3n) is 4.78. The van der Waals surface area contributed by atoms with Crippen LogP contribution in [0.4, 0.5) is 0 Å². The molecule has 1 atom stereocenters. The van der Waals surface area contributed by atoms with Gasteiger partial charge in [-0.05, 0) is 51.4 Å². The summed E-state index contributed by atoms with van der Waals surface area (Å²) in [7, 11) is 0. The fraction of sp³-hybridized carbons (Fsp3) is 0.526.